The third kappa shape index (κ3) is 3.29. The number of carbonyl (C=O) groups excluding carboxylic acids is 1. The molecular weight excluding hydrogens is 212 g/mol. The number of pyridine rings is 1. The maximum absolute atomic E-state index is 11.5. The fourth-order valence-corrected chi connectivity index (χ4v) is 1.99. The van der Waals surface area contributed by atoms with Gasteiger partial charge in [-0.3, -0.25) is 9.78 Å². The SMILES string of the molecule is CCC(=O)c1ccc(N(C)C(CC)CC)cn1. The highest BCUT2D eigenvalue weighted by molar-refractivity contribution is 5.94. The van der Waals surface area contributed by atoms with Gasteiger partial charge < -0.3 is 4.90 Å². The molecule has 0 aliphatic carbocycles. The summed E-state index contributed by atoms with van der Waals surface area (Å²) in [5, 5.41) is 0. The number of aromatic nitrogens is 1. The van der Waals surface area contributed by atoms with Crippen molar-refractivity contribution in [2.45, 2.75) is 46.1 Å². The summed E-state index contributed by atoms with van der Waals surface area (Å²) < 4.78 is 0. The van der Waals surface area contributed by atoms with Crippen LogP contribution < -0.4 is 4.90 Å². The van der Waals surface area contributed by atoms with Gasteiger partial charge in [0.15, 0.2) is 5.78 Å². The average molecular weight is 234 g/mol. The van der Waals surface area contributed by atoms with Crippen LogP contribution in [0.4, 0.5) is 5.69 Å². The zero-order valence-electron chi connectivity index (χ0n) is 11.2. The van der Waals surface area contributed by atoms with Crippen LogP contribution in [-0.2, 0) is 0 Å². The number of anilines is 1. The number of carbonyl (C=O) groups is 1. The lowest BCUT2D eigenvalue weighted by atomic mass is 10.1. The minimum Gasteiger partial charge on any atom is -0.370 e. The van der Waals surface area contributed by atoms with E-state index in [9.17, 15) is 4.79 Å². The zero-order valence-corrected chi connectivity index (χ0v) is 11.2. The second-order valence-electron chi connectivity index (χ2n) is 4.26. The van der Waals surface area contributed by atoms with Crippen LogP contribution >= 0.6 is 0 Å². The van der Waals surface area contributed by atoms with Crippen molar-refractivity contribution in [2.75, 3.05) is 11.9 Å². The van der Waals surface area contributed by atoms with Crippen molar-refractivity contribution < 1.29 is 4.79 Å². The molecule has 0 fully saturated rings. The van der Waals surface area contributed by atoms with Crippen LogP contribution in [-0.4, -0.2) is 23.9 Å². The van der Waals surface area contributed by atoms with E-state index in [0.29, 0.717) is 18.2 Å². The number of rotatable bonds is 6. The van der Waals surface area contributed by atoms with Gasteiger partial charge in [0.1, 0.15) is 5.69 Å². The Bertz CT molecular complexity index is 355. The molecule has 0 spiro atoms. The summed E-state index contributed by atoms with van der Waals surface area (Å²) in [5.41, 5.74) is 1.64. The van der Waals surface area contributed by atoms with Crippen molar-refractivity contribution >= 4 is 11.5 Å². The Morgan fingerprint density at radius 2 is 1.94 bits per heavy atom. The van der Waals surface area contributed by atoms with Crippen LogP contribution in [0, 0.1) is 0 Å². The molecule has 0 aliphatic heterocycles. The highest BCUT2D eigenvalue weighted by Gasteiger charge is 2.12. The maximum Gasteiger partial charge on any atom is 0.180 e. The van der Waals surface area contributed by atoms with Crippen LogP contribution in [0.1, 0.15) is 50.5 Å². The van der Waals surface area contributed by atoms with Gasteiger partial charge >= 0.3 is 0 Å². The Labute approximate surface area is 104 Å². The molecule has 3 heteroatoms. The predicted molar refractivity (Wildman–Crippen MR) is 71.6 cm³/mol. The Morgan fingerprint density at radius 1 is 1.29 bits per heavy atom. The summed E-state index contributed by atoms with van der Waals surface area (Å²) >= 11 is 0. The van der Waals surface area contributed by atoms with E-state index in [1.165, 1.54) is 0 Å². The molecule has 1 aromatic heterocycles. The van der Waals surface area contributed by atoms with Crippen molar-refractivity contribution in [1.82, 2.24) is 4.98 Å². The summed E-state index contributed by atoms with van der Waals surface area (Å²) in [6, 6.07) is 4.33. The van der Waals surface area contributed by atoms with Crippen LogP contribution in [0.5, 0.6) is 0 Å². The molecule has 1 aromatic rings. The Hall–Kier alpha value is -1.38. The van der Waals surface area contributed by atoms with E-state index in [-0.39, 0.29) is 5.78 Å². The molecule has 0 unspecified atom stereocenters. The summed E-state index contributed by atoms with van der Waals surface area (Å²) in [7, 11) is 2.08. The highest BCUT2D eigenvalue weighted by Crippen LogP contribution is 2.18. The second kappa shape index (κ2) is 6.38. The third-order valence-electron chi connectivity index (χ3n) is 3.25. The van der Waals surface area contributed by atoms with Gasteiger partial charge in [0.05, 0.1) is 11.9 Å². The monoisotopic (exact) mass is 234 g/mol. The molecule has 0 aliphatic rings. The summed E-state index contributed by atoms with van der Waals surface area (Å²) in [5.74, 6) is 0.0988. The molecular formula is C14H22N2O. The number of hydrogen-bond acceptors (Lipinski definition) is 3. The molecule has 0 saturated carbocycles. The molecule has 0 N–H and O–H groups in total. The number of hydrogen-bond donors (Lipinski definition) is 0. The standard InChI is InChI=1S/C14H22N2O/c1-5-11(6-2)16(4)12-8-9-13(15-10-12)14(17)7-3/h8-11H,5-7H2,1-4H3. The van der Waals surface area contributed by atoms with Crippen molar-refractivity contribution in [2.24, 2.45) is 0 Å². The maximum atomic E-state index is 11.5. The van der Waals surface area contributed by atoms with Crippen molar-refractivity contribution in [3.8, 4) is 0 Å². The van der Waals surface area contributed by atoms with Gasteiger partial charge in [0, 0.05) is 19.5 Å². The molecule has 0 aromatic carbocycles. The molecule has 0 bridgehead atoms. The van der Waals surface area contributed by atoms with Gasteiger partial charge in [-0.2, -0.15) is 0 Å². The average Bonchev–Trinajstić information content (AvgIpc) is 2.39. The van der Waals surface area contributed by atoms with E-state index in [0.717, 1.165) is 18.5 Å². The predicted octanol–water partition coefficient (Wildman–Crippen LogP) is 3.30. The first-order chi connectivity index (χ1) is 8.13. The lowest BCUT2D eigenvalue weighted by molar-refractivity contribution is 0.0983. The first kappa shape index (κ1) is 13.7. The molecule has 94 valence electrons. The quantitative estimate of drug-likeness (QED) is 0.708. The van der Waals surface area contributed by atoms with Crippen LogP contribution in [0.15, 0.2) is 18.3 Å². The van der Waals surface area contributed by atoms with Gasteiger partial charge in [-0.1, -0.05) is 20.8 Å². The van der Waals surface area contributed by atoms with E-state index in [1.54, 1.807) is 6.20 Å². The summed E-state index contributed by atoms with van der Waals surface area (Å²) in [6.07, 6.45) is 4.53. The van der Waals surface area contributed by atoms with Crippen molar-refractivity contribution in [1.29, 1.82) is 0 Å². The van der Waals surface area contributed by atoms with Crippen LogP contribution in [0.3, 0.4) is 0 Å². The molecule has 0 atom stereocenters. The molecule has 1 heterocycles. The highest BCUT2D eigenvalue weighted by atomic mass is 16.1. The largest absolute Gasteiger partial charge is 0.370 e. The number of ketones is 1. The Kier molecular flexibility index (Phi) is 5.13. The van der Waals surface area contributed by atoms with E-state index in [2.05, 4.69) is 30.8 Å². The lowest BCUT2D eigenvalue weighted by Gasteiger charge is -2.28. The number of Topliss-reactive ketones (excluding diaryl/α,β-unsaturated/α-hetero) is 1. The second-order valence-corrected chi connectivity index (χ2v) is 4.26. The minimum absolute atomic E-state index is 0.0988. The molecule has 0 saturated heterocycles. The molecule has 0 amide bonds. The van der Waals surface area contributed by atoms with Gasteiger partial charge in [-0.25, -0.2) is 0 Å². The first-order valence-corrected chi connectivity index (χ1v) is 6.36. The van der Waals surface area contributed by atoms with E-state index >= 15 is 0 Å². The lowest BCUT2D eigenvalue weighted by Crippen LogP contribution is -2.30. The molecule has 0 radical (unpaired) electrons. The smallest absolute Gasteiger partial charge is 0.180 e. The topological polar surface area (TPSA) is 33.2 Å². The fraction of sp³-hybridized carbons (Fsp3) is 0.571. The third-order valence-corrected chi connectivity index (χ3v) is 3.25. The Morgan fingerprint density at radius 3 is 2.35 bits per heavy atom. The van der Waals surface area contributed by atoms with E-state index in [1.807, 2.05) is 19.1 Å². The Balaban J connectivity index is 2.83. The van der Waals surface area contributed by atoms with E-state index < -0.39 is 0 Å². The first-order valence-electron chi connectivity index (χ1n) is 6.36. The summed E-state index contributed by atoms with van der Waals surface area (Å²) in [6.45, 7) is 6.23. The van der Waals surface area contributed by atoms with Crippen molar-refractivity contribution in [3.63, 3.8) is 0 Å². The fourth-order valence-electron chi connectivity index (χ4n) is 1.99. The van der Waals surface area contributed by atoms with Gasteiger partial charge in [-0.05, 0) is 25.0 Å². The molecule has 3 nitrogen and oxygen atoms in total. The van der Waals surface area contributed by atoms with Crippen LogP contribution in [0.25, 0.3) is 0 Å². The minimum atomic E-state index is 0.0988. The molecule has 17 heavy (non-hydrogen) atoms. The zero-order chi connectivity index (χ0) is 12.8. The van der Waals surface area contributed by atoms with E-state index in [4.69, 9.17) is 0 Å². The number of nitrogens with zero attached hydrogens (tertiary/aromatic N) is 2. The van der Waals surface area contributed by atoms with Gasteiger partial charge in [-0.15, -0.1) is 0 Å². The van der Waals surface area contributed by atoms with Gasteiger partial charge in [0.25, 0.3) is 0 Å². The summed E-state index contributed by atoms with van der Waals surface area (Å²) in [4.78, 5) is 17.9. The van der Waals surface area contributed by atoms with Crippen LogP contribution in [0.2, 0.25) is 0 Å². The normalized spacial score (nSPS) is 10.6. The molecule has 1 rings (SSSR count). The van der Waals surface area contributed by atoms with Crippen molar-refractivity contribution in [3.05, 3.63) is 24.0 Å². The van der Waals surface area contributed by atoms with Gasteiger partial charge in [0.2, 0.25) is 0 Å².